The van der Waals surface area contributed by atoms with Crippen molar-refractivity contribution in [1.29, 1.82) is 0 Å². The van der Waals surface area contributed by atoms with E-state index in [-0.39, 0.29) is 16.8 Å². The average Bonchev–Trinajstić information content (AvgIpc) is 2.99. The van der Waals surface area contributed by atoms with E-state index in [1.165, 1.54) is 35.1 Å². The first-order valence-corrected chi connectivity index (χ1v) is 10.9. The smallest absolute Gasteiger partial charge is 0.152 e. The molecule has 0 fully saturated rings. The molecule has 0 saturated carbocycles. The lowest BCUT2D eigenvalue weighted by molar-refractivity contribution is -0.118. The monoisotopic (exact) mass is 350 g/mol. The van der Waals surface area contributed by atoms with Crippen LogP contribution in [0.3, 0.4) is 0 Å². The summed E-state index contributed by atoms with van der Waals surface area (Å²) in [6.45, 7) is 5.58. The molecule has 0 heterocycles. The number of unbranched alkanes of at least 4 members (excludes halogenated alkanes) is 2. The van der Waals surface area contributed by atoms with E-state index in [2.05, 4.69) is 19.1 Å². The molecule has 0 N–H and O–H groups in total. The van der Waals surface area contributed by atoms with Gasteiger partial charge in [-0.3, -0.25) is 4.79 Å². The largest absolute Gasteiger partial charge is 0.299 e. The molecule has 1 aliphatic carbocycles. The van der Waals surface area contributed by atoms with Crippen LogP contribution in [0.15, 0.2) is 12.1 Å². The average molecular weight is 351 g/mol. The van der Waals surface area contributed by atoms with Gasteiger partial charge in [0.2, 0.25) is 0 Å². The molecule has 24 heavy (non-hydrogen) atoms. The van der Waals surface area contributed by atoms with Gasteiger partial charge in [-0.05, 0) is 75.1 Å². The first-order valence-electron chi connectivity index (χ1n) is 9.14. The Morgan fingerprint density at radius 3 is 2.58 bits per heavy atom. The predicted molar refractivity (Wildman–Crippen MR) is 99.3 cm³/mol. The summed E-state index contributed by atoms with van der Waals surface area (Å²) in [7, 11) is -2.94. The quantitative estimate of drug-likeness (QED) is 0.633. The first-order chi connectivity index (χ1) is 11.3. The summed E-state index contributed by atoms with van der Waals surface area (Å²) in [6, 6.07) is 4.31. The molecule has 134 valence electrons. The van der Waals surface area contributed by atoms with E-state index in [1.807, 2.05) is 0 Å². The SMILES string of the molecule is Cc1c(CC(=O)CCCCCS(=O)(=O)C(C)C)ccc2c1CCC2. The number of Topliss-reactive ketones (excluding diaryl/α,β-unsaturated/α-hetero) is 1. The Kier molecular flexibility index (Phi) is 6.62. The summed E-state index contributed by atoms with van der Waals surface area (Å²) >= 11 is 0. The minimum atomic E-state index is -2.94. The van der Waals surface area contributed by atoms with Crippen molar-refractivity contribution in [3.63, 3.8) is 0 Å². The highest BCUT2D eigenvalue weighted by molar-refractivity contribution is 7.91. The maximum atomic E-state index is 12.2. The second-order valence-electron chi connectivity index (χ2n) is 7.28. The van der Waals surface area contributed by atoms with Gasteiger partial charge < -0.3 is 0 Å². The van der Waals surface area contributed by atoms with E-state index >= 15 is 0 Å². The number of hydrogen-bond donors (Lipinski definition) is 0. The number of rotatable bonds is 9. The molecule has 0 radical (unpaired) electrons. The van der Waals surface area contributed by atoms with Gasteiger partial charge in [-0.2, -0.15) is 0 Å². The Labute approximate surface area is 146 Å². The van der Waals surface area contributed by atoms with Crippen LogP contribution >= 0.6 is 0 Å². The van der Waals surface area contributed by atoms with Crippen molar-refractivity contribution in [3.8, 4) is 0 Å². The van der Waals surface area contributed by atoms with Crippen molar-refractivity contribution in [2.75, 3.05) is 5.75 Å². The molecule has 0 aliphatic heterocycles. The molecular formula is C20H30O3S. The fourth-order valence-corrected chi connectivity index (χ4v) is 4.51. The molecule has 4 heteroatoms. The summed E-state index contributed by atoms with van der Waals surface area (Å²) in [6.07, 6.45) is 6.87. The third-order valence-electron chi connectivity index (χ3n) is 5.17. The topological polar surface area (TPSA) is 51.2 Å². The summed E-state index contributed by atoms with van der Waals surface area (Å²) in [4.78, 5) is 12.2. The molecule has 0 amide bonds. The Balaban J connectivity index is 1.75. The summed E-state index contributed by atoms with van der Waals surface area (Å²) in [5.74, 6) is 0.505. The Hall–Kier alpha value is -1.16. The molecule has 0 unspecified atom stereocenters. The lowest BCUT2D eigenvalue weighted by Gasteiger charge is -2.11. The van der Waals surface area contributed by atoms with Gasteiger partial charge in [-0.25, -0.2) is 8.42 Å². The minimum absolute atomic E-state index is 0.239. The van der Waals surface area contributed by atoms with Crippen molar-refractivity contribution in [2.24, 2.45) is 0 Å². The second-order valence-corrected chi connectivity index (χ2v) is 9.96. The van der Waals surface area contributed by atoms with Crippen LogP contribution in [0.1, 0.15) is 68.2 Å². The highest BCUT2D eigenvalue weighted by Crippen LogP contribution is 2.27. The van der Waals surface area contributed by atoms with E-state index in [1.54, 1.807) is 13.8 Å². The van der Waals surface area contributed by atoms with Crippen LogP contribution in [0.5, 0.6) is 0 Å². The van der Waals surface area contributed by atoms with Crippen LogP contribution < -0.4 is 0 Å². The van der Waals surface area contributed by atoms with Crippen LogP contribution in [0.2, 0.25) is 0 Å². The maximum absolute atomic E-state index is 12.2. The molecule has 1 aromatic rings. The third kappa shape index (κ3) is 4.92. The van der Waals surface area contributed by atoms with E-state index in [9.17, 15) is 13.2 Å². The first kappa shape index (κ1) is 19.2. The number of fused-ring (bicyclic) bond motifs is 1. The molecule has 3 nitrogen and oxygen atoms in total. The van der Waals surface area contributed by atoms with Gasteiger partial charge in [-0.15, -0.1) is 0 Å². The molecule has 0 aromatic heterocycles. The standard InChI is InChI=1S/C20H30O3S/c1-15(2)24(22,23)13-6-4-5-9-19(21)14-18-12-11-17-8-7-10-20(17)16(18)3/h11-12,15H,4-10,13-14H2,1-3H3. The van der Waals surface area contributed by atoms with Crippen molar-refractivity contribution in [3.05, 3.63) is 34.4 Å². The van der Waals surface area contributed by atoms with Crippen LogP contribution in [0.4, 0.5) is 0 Å². The van der Waals surface area contributed by atoms with E-state index in [0.29, 0.717) is 19.3 Å². The minimum Gasteiger partial charge on any atom is -0.299 e. The van der Waals surface area contributed by atoms with Gasteiger partial charge in [0.1, 0.15) is 5.78 Å². The fraction of sp³-hybridized carbons (Fsp3) is 0.650. The number of sulfone groups is 1. The van der Waals surface area contributed by atoms with E-state index < -0.39 is 9.84 Å². The van der Waals surface area contributed by atoms with Gasteiger partial charge in [0.15, 0.2) is 9.84 Å². The van der Waals surface area contributed by atoms with Crippen LogP contribution in [-0.2, 0) is 33.9 Å². The molecule has 0 spiro atoms. The highest BCUT2D eigenvalue weighted by atomic mass is 32.2. The van der Waals surface area contributed by atoms with Gasteiger partial charge in [-0.1, -0.05) is 18.6 Å². The number of hydrogen-bond acceptors (Lipinski definition) is 3. The molecule has 2 rings (SSSR count). The molecule has 0 saturated heterocycles. The zero-order valence-electron chi connectivity index (χ0n) is 15.2. The lowest BCUT2D eigenvalue weighted by Crippen LogP contribution is -2.17. The fourth-order valence-electron chi connectivity index (χ4n) is 3.43. The molecular weight excluding hydrogens is 320 g/mol. The zero-order valence-corrected chi connectivity index (χ0v) is 16.0. The maximum Gasteiger partial charge on any atom is 0.152 e. The van der Waals surface area contributed by atoms with Crippen LogP contribution in [0.25, 0.3) is 0 Å². The summed E-state index contributed by atoms with van der Waals surface area (Å²) in [5, 5.41) is -0.304. The van der Waals surface area contributed by atoms with Crippen LogP contribution in [-0.4, -0.2) is 25.2 Å². The zero-order chi connectivity index (χ0) is 17.7. The summed E-state index contributed by atoms with van der Waals surface area (Å²) < 4.78 is 23.5. The number of carbonyl (C=O) groups is 1. The molecule has 0 atom stereocenters. The van der Waals surface area contributed by atoms with Crippen molar-refractivity contribution in [2.45, 2.75) is 77.4 Å². The predicted octanol–water partition coefficient (Wildman–Crippen LogP) is 3.98. The van der Waals surface area contributed by atoms with Crippen molar-refractivity contribution < 1.29 is 13.2 Å². The van der Waals surface area contributed by atoms with Gasteiger partial charge in [0.25, 0.3) is 0 Å². The number of aryl methyl sites for hydroxylation is 1. The van der Waals surface area contributed by atoms with Crippen molar-refractivity contribution >= 4 is 15.6 Å². The van der Waals surface area contributed by atoms with E-state index in [0.717, 1.165) is 19.3 Å². The molecule has 1 aromatic carbocycles. The Morgan fingerprint density at radius 2 is 1.88 bits per heavy atom. The number of ketones is 1. The van der Waals surface area contributed by atoms with Crippen molar-refractivity contribution in [1.82, 2.24) is 0 Å². The highest BCUT2D eigenvalue weighted by Gasteiger charge is 2.17. The van der Waals surface area contributed by atoms with Gasteiger partial charge >= 0.3 is 0 Å². The molecule has 1 aliphatic rings. The Bertz CT molecular complexity index is 687. The number of benzene rings is 1. The number of carbonyl (C=O) groups excluding carboxylic acids is 1. The Morgan fingerprint density at radius 1 is 1.12 bits per heavy atom. The third-order valence-corrected chi connectivity index (χ3v) is 7.47. The van der Waals surface area contributed by atoms with Gasteiger partial charge in [0.05, 0.1) is 11.0 Å². The summed E-state index contributed by atoms with van der Waals surface area (Å²) in [5.41, 5.74) is 5.39. The van der Waals surface area contributed by atoms with E-state index in [4.69, 9.17) is 0 Å². The molecule has 0 bridgehead atoms. The normalized spacial score (nSPS) is 14.2. The van der Waals surface area contributed by atoms with Gasteiger partial charge in [0, 0.05) is 12.8 Å². The second kappa shape index (κ2) is 8.28. The van der Waals surface area contributed by atoms with Crippen LogP contribution in [0, 0.1) is 6.92 Å². The lowest BCUT2D eigenvalue weighted by atomic mass is 9.94.